The predicted molar refractivity (Wildman–Crippen MR) is 76.6 cm³/mol. The van der Waals surface area contributed by atoms with Crippen LogP contribution in [0.3, 0.4) is 0 Å². The number of carbonyl (C=O) groups excluding carboxylic acids is 1. The minimum absolute atomic E-state index is 0.171. The fourth-order valence-corrected chi connectivity index (χ4v) is 2.93. The molecule has 0 atom stereocenters. The van der Waals surface area contributed by atoms with Crippen LogP contribution in [0.2, 0.25) is 0 Å². The van der Waals surface area contributed by atoms with E-state index >= 15 is 0 Å². The monoisotopic (exact) mass is 313 g/mol. The first-order chi connectivity index (χ1) is 10.4. The number of likely N-dealkylation sites (tertiary alicyclic amines) is 2. The van der Waals surface area contributed by atoms with Crippen LogP contribution in [0.1, 0.15) is 18.4 Å². The summed E-state index contributed by atoms with van der Waals surface area (Å²) in [5.74, 6) is 0. The number of rotatable bonds is 2. The number of nitrogens with zero attached hydrogens (tertiary/aromatic N) is 2. The van der Waals surface area contributed by atoms with Gasteiger partial charge in [0.1, 0.15) is 0 Å². The lowest BCUT2D eigenvalue weighted by atomic mass is 10.1. The molecule has 0 saturated carbocycles. The first-order valence-corrected chi connectivity index (χ1v) is 7.41. The highest BCUT2D eigenvalue weighted by atomic mass is 19.4. The number of urea groups is 1. The number of anilines is 1. The van der Waals surface area contributed by atoms with Gasteiger partial charge in [0, 0.05) is 24.8 Å². The van der Waals surface area contributed by atoms with E-state index in [0.717, 1.165) is 25.2 Å². The topological polar surface area (TPSA) is 35.6 Å². The summed E-state index contributed by atoms with van der Waals surface area (Å²) in [4.78, 5) is 16.0. The number of amides is 2. The molecule has 0 bridgehead atoms. The van der Waals surface area contributed by atoms with Gasteiger partial charge in [-0.1, -0.05) is 6.07 Å². The van der Waals surface area contributed by atoms with Gasteiger partial charge in [0.25, 0.3) is 0 Å². The lowest BCUT2D eigenvalue weighted by Gasteiger charge is -2.43. The Bertz CT molecular complexity index is 549. The van der Waals surface area contributed by atoms with Gasteiger partial charge in [-0.15, -0.1) is 0 Å². The highest BCUT2D eigenvalue weighted by Crippen LogP contribution is 2.31. The van der Waals surface area contributed by atoms with E-state index in [1.54, 1.807) is 4.90 Å². The van der Waals surface area contributed by atoms with E-state index in [4.69, 9.17) is 0 Å². The van der Waals surface area contributed by atoms with Gasteiger partial charge >= 0.3 is 12.2 Å². The van der Waals surface area contributed by atoms with Crippen LogP contribution in [0, 0.1) is 0 Å². The van der Waals surface area contributed by atoms with Crippen molar-refractivity contribution >= 4 is 11.7 Å². The molecular weight excluding hydrogens is 295 g/mol. The average molecular weight is 313 g/mol. The van der Waals surface area contributed by atoms with Crippen molar-refractivity contribution in [3.05, 3.63) is 29.8 Å². The summed E-state index contributed by atoms with van der Waals surface area (Å²) in [7, 11) is 0. The fourth-order valence-electron chi connectivity index (χ4n) is 2.93. The molecule has 2 aliphatic heterocycles. The Morgan fingerprint density at radius 2 is 1.86 bits per heavy atom. The van der Waals surface area contributed by atoms with Crippen molar-refractivity contribution in [1.29, 1.82) is 0 Å². The number of halogens is 3. The summed E-state index contributed by atoms with van der Waals surface area (Å²) in [6, 6.07) is 4.76. The second kappa shape index (κ2) is 5.79. The van der Waals surface area contributed by atoms with E-state index < -0.39 is 11.7 Å². The molecule has 0 unspecified atom stereocenters. The van der Waals surface area contributed by atoms with Crippen molar-refractivity contribution in [1.82, 2.24) is 9.80 Å². The molecule has 2 saturated heterocycles. The molecule has 2 fully saturated rings. The Hall–Kier alpha value is -1.76. The van der Waals surface area contributed by atoms with Gasteiger partial charge in [-0.2, -0.15) is 13.2 Å². The van der Waals surface area contributed by atoms with Crippen LogP contribution in [0.5, 0.6) is 0 Å². The van der Waals surface area contributed by atoms with Crippen molar-refractivity contribution in [3.63, 3.8) is 0 Å². The summed E-state index contributed by atoms with van der Waals surface area (Å²) in [6.07, 6.45) is -2.00. The molecule has 120 valence electrons. The van der Waals surface area contributed by atoms with Gasteiger partial charge in [0.05, 0.1) is 5.56 Å². The molecule has 4 nitrogen and oxygen atoms in total. The van der Waals surface area contributed by atoms with Gasteiger partial charge < -0.3 is 10.2 Å². The van der Waals surface area contributed by atoms with E-state index in [9.17, 15) is 18.0 Å². The van der Waals surface area contributed by atoms with Crippen LogP contribution in [0.15, 0.2) is 24.3 Å². The van der Waals surface area contributed by atoms with E-state index in [1.165, 1.54) is 25.0 Å². The summed E-state index contributed by atoms with van der Waals surface area (Å²) in [5, 5.41) is 2.54. The molecule has 1 N–H and O–H groups in total. The summed E-state index contributed by atoms with van der Waals surface area (Å²) >= 11 is 0. The van der Waals surface area contributed by atoms with Crippen LogP contribution < -0.4 is 5.32 Å². The molecule has 0 aromatic heterocycles. The number of alkyl halides is 3. The zero-order valence-corrected chi connectivity index (χ0v) is 12.1. The molecule has 0 aliphatic carbocycles. The maximum atomic E-state index is 12.6. The summed E-state index contributed by atoms with van der Waals surface area (Å²) in [6.45, 7) is 3.44. The smallest absolute Gasteiger partial charge is 0.321 e. The van der Waals surface area contributed by atoms with E-state index in [0.29, 0.717) is 19.1 Å². The molecule has 3 rings (SSSR count). The molecule has 1 aromatic rings. The normalized spacial score (nSPS) is 20.0. The SMILES string of the molecule is O=C(Nc1cccc(C(F)(F)F)c1)N1CC(N2CCCC2)C1. The van der Waals surface area contributed by atoms with Gasteiger partial charge in [-0.3, -0.25) is 4.90 Å². The number of nitrogens with one attached hydrogen (secondary N) is 1. The Kier molecular flexibility index (Phi) is 3.99. The van der Waals surface area contributed by atoms with Crippen molar-refractivity contribution in [2.24, 2.45) is 0 Å². The number of hydrogen-bond acceptors (Lipinski definition) is 2. The Morgan fingerprint density at radius 1 is 1.18 bits per heavy atom. The molecule has 0 spiro atoms. The number of benzene rings is 1. The molecule has 2 heterocycles. The second-order valence-electron chi connectivity index (χ2n) is 5.81. The lowest BCUT2D eigenvalue weighted by molar-refractivity contribution is -0.137. The zero-order chi connectivity index (χ0) is 15.7. The first kappa shape index (κ1) is 15.1. The van der Waals surface area contributed by atoms with Crippen LogP contribution >= 0.6 is 0 Å². The highest BCUT2D eigenvalue weighted by molar-refractivity contribution is 5.90. The molecule has 2 amide bonds. The van der Waals surface area contributed by atoms with E-state index in [-0.39, 0.29) is 11.7 Å². The maximum absolute atomic E-state index is 12.6. The quantitative estimate of drug-likeness (QED) is 0.911. The summed E-state index contributed by atoms with van der Waals surface area (Å²) < 4.78 is 37.9. The van der Waals surface area contributed by atoms with Gasteiger partial charge in [-0.25, -0.2) is 4.79 Å². The first-order valence-electron chi connectivity index (χ1n) is 7.41. The largest absolute Gasteiger partial charge is 0.416 e. The lowest BCUT2D eigenvalue weighted by Crippen LogP contribution is -2.61. The molecule has 0 radical (unpaired) electrons. The second-order valence-corrected chi connectivity index (χ2v) is 5.81. The van der Waals surface area contributed by atoms with Gasteiger partial charge in [-0.05, 0) is 44.1 Å². The van der Waals surface area contributed by atoms with Crippen molar-refractivity contribution < 1.29 is 18.0 Å². The summed E-state index contributed by atoms with van der Waals surface area (Å²) in [5.41, 5.74) is -0.590. The molecule has 22 heavy (non-hydrogen) atoms. The van der Waals surface area contributed by atoms with Crippen LogP contribution in [0.4, 0.5) is 23.7 Å². The molecule has 1 aromatic carbocycles. The minimum atomic E-state index is -4.40. The zero-order valence-electron chi connectivity index (χ0n) is 12.1. The van der Waals surface area contributed by atoms with Crippen molar-refractivity contribution in [2.45, 2.75) is 25.1 Å². The highest BCUT2D eigenvalue weighted by Gasteiger charge is 2.36. The average Bonchev–Trinajstić information content (AvgIpc) is 2.90. The molecule has 7 heteroatoms. The third-order valence-electron chi connectivity index (χ3n) is 4.25. The van der Waals surface area contributed by atoms with Gasteiger partial charge in [0.2, 0.25) is 0 Å². The van der Waals surface area contributed by atoms with E-state index in [2.05, 4.69) is 10.2 Å². The van der Waals surface area contributed by atoms with Gasteiger partial charge in [0.15, 0.2) is 0 Å². The van der Waals surface area contributed by atoms with Crippen molar-refractivity contribution in [3.8, 4) is 0 Å². The number of carbonyl (C=O) groups is 1. The van der Waals surface area contributed by atoms with Crippen LogP contribution in [0.25, 0.3) is 0 Å². The third-order valence-corrected chi connectivity index (χ3v) is 4.25. The Morgan fingerprint density at radius 3 is 2.50 bits per heavy atom. The standard InChI is InChI=1S/C15H18F3N3O/c16-15(17,18)11-4-3-5-12(8-11)19-14(22)21-9-13(10-21)20-6-1-2-7-20/h3-5,8,13H,1-2,6-7,9-10H2,(H,19,22). The Balaban J connectivity index is 1.54. The maximum Gasteiger partial charge on any atom is 0.416 e. The van der Waals surface area contributed by atoms with Crippen LogP contribution in [-0.2, 0) is 6.18 Å². The van der Waals surface area contributed by atoms with Crippen LogP contribution in [-0.4, -0.2) is 48.1 Å². The Labute approximate surface area is 126 Å². The predicted octanol–water partition coefficient (Wildman–Crippen LogP) is 3.02. The fraction of sp³-hybridized carbons (Fsp3) is 0.533. The molecule has 2 aliphatic rings. The number of hydrogen-bond donors (Lipinski definition) is 1. The van der Waals surface area contributed by atoms with Crippen molar-refractivity contribution in [2.75, 3.05) is 31.5 Å². The third kappa shape index (κ3) is 3.19. The molecular formula is C15H18F3N3O. The van der Waals surface area contributed by atoms with E-state index in [1.807, 2.05) is 0 Å². The minimum Gasteiger partial charge on any atom is -0.321 e.